The Morgan fingerprint density at radius 1 is 0.882 bits per heavy atom. The number of hydrogen-bond acceptors (Lipinski definition) is 9. The van der Waals surface area contributed by atoms with Crippen molar-refractivity contribution < 1.29 is 33.6 Å². The number of nitrogens with zero attached hydrogens (tertiary/aromatic N) is 1. The Bertz CT molecular complexity index is 1790. The summed E-state index contributed by atoms with van der Waals surface area (Å²) in [5, 5.41) is 13.0. The van der Waals surface area contributed by atoms with Crippen molar-refractivity contribution in [2.75, 3.05) is 26.1 Å². The number of carbonyl (C=O) groups excluding carboxylic acids is 1. The molecule has 0 aliphatic heterocycles. The van der Waals surface area contributed by atoms with Gasteiger partial charge in [0, 0.05) is 42.0 Å². The third-order valence-corrected chi connectivity index (χ3v) is 9.02. The molecule has 4 aromatic rings. The summed E-state index contributed by atoms with van der Waals surface area (Å²) >= 11 is 12.6. The van der Waals surface area contributed by atoms with Gasteiger partial charge in [-0.1, -0.05) is 48.4 Å². The Kier molecular flexibility index (Phi) is 15.4. The zero-order valence-electron chi connectivity index (χ0n) is 29.2. The number of alkyl halides is 1. The fraction of sp³-hybridized carbons (Fsp3) is 0.359. The number of halogens is 2. The monoisotopic (exact) mass is 737 g/mol. The molecule has 0 radical (unpaired) electrons. The van der Waals surface area contributed by atoms with E-state index in [2.05, 4.69) is 29.4 Å². The van der Waals surface area contributed by atoms with Gasteiger partial charge in [-0.15, -0.1) is 11.6 Å². The number of aromatic nitrogens is 1. The van der Waals surface area contributed by atoms with Crippen molar-refractivity contribution in [1.82, 2.24) is 10.3 Å². The van der Waals surface area contributed by atoms with Crippen LogP contribution in [0.1, 0.15) is 63.9 Å². The first-order valence-electron chi connectivity index (χ1n) is 16.8. The van der Waals surface area contributed by atoms with Gasteiger partial charge in [0.05, 0.1) is 24.3 Å². The fourth-order valence-corrected chi connectivity index (χ4v) is 5.91. The zero-order chi connectivity index (χ0) is 36.8. The molecule has 272 valence electrons. The van der Waals surface area contributed by atoms with E-state index >= 15 is 0 Å². The second kappa shape index (κ2) is 19.9. The van der Waals surface area contributed by atoms with Gasteiger partial charge in [0.1, 0.15) is 36.5 Å². The Balaban J connectivity index is 1.59. The minimum atomic E-state index is -1.09. The summed E-state index contributed by atoms with van der Waals surface area (Å²) in [5.74, 6) is 0.747. The third-order valence-electron chi connectivity index (χ3n) is 8.46. The van der Waals surface area contributed by atoms with E-state index in [-0.39, 0.29) is 31.3 Å². The highest BCUT2D eigenvalue weighted by Crippen LogP contribution is 2.36. The molecule has 0 aliphatic carbocycles. The van der Waals surface area contributed by atoms with Gasteiger partial charge in [-0.3, -0.25) is 9.78 Å². The molecule has 1 aromatic heterocycles. The Morgan fingerprint density at radius 3 is 2.35 bits per heavy atom. The van der Waals surface area contributed by atoms with Crippen molar-refractivity contribution in [2.45, 2.75) is 65.3 Å². The molecule has 1 atom stereocenters. The summed E-state index contributed by atoms with van der Waals surface area (Å²) in [6, 6.07) is 16.5. The fourth-order valence-electron chi connectivity index (χ4n) is 5.56. The van der Waals surface area contributed by atoms with E-state index < -0.39 is 12.0 Å². The van der Waals surface area contributed by atoms with Crippen LogP contribution in [0.25, 0.3) is 11.1 Å². The summed E-state index contributed by atoms with van der Waals surface area (Å²) in [6.07, 6.45) is 5.67. The number of pyridine rings is 1. The number of ether oxygens (including phenoxy) is 4. The van der Waals surface area contributed by atoms with Crippen LogP contribution in [0.15, 0.2) is 67.0 Å². The Morgan fingerprint density at radius 2 is 1.63 bits per heavy atom. The number of aromatic carboxylic acids is 1. The lowest BCUT2D eigenvalue weighted by Gasteiger charge is -2.20. The number of benzene rings is 3. The standard InChI is InChI=1S/C39H45Cl2N3O7/c1-25-28(9-6-10-31(25)32-11-7-13-35(26(32)2)49-16-8-14-40)24-51-37-19-36(50-23-27-17-30(38(45)46)21-43-20-27)29(18-33(37)41)22-44-34(39(47)48-3)12-4-5-15-42/h6-7,9-11,13,17-21,34,44H,4-5,8,12,14-16,22-24,42H2,1-3H3,(H,45,46)/t34-/m0/s1. The van der Waals surface area contributed by atoms with Crippen molar-refractivity contribution in [1.29, 1.82) is 0 Å². The van der Waals surface area contributed by atoms with Crippen molar-refractivity contribution in [3.05, 3.63) is 105 Å². The largest absolute Gasteiger partial charge is 0.493 e. The van der Waals surface area contributed by atoms with Crippen LogP contribution in [0.5, 0.6) is 17.2 Å². The summed E-state index contributed by atoms with van der Waals surface area (Å²) in [7, 11) is 1.35. The smallest absolute Gasteiger partial charge is 0.337 e. The lowest BCUT2D eigenvalue weighted by atomic mass is 9.93. The maximum absolute atomic E-state index is 12.5. The number of esters is 1. The normalized spacial score (nSPS) is 11.6. The van der Waals surface area contributed by atoms with E-state index in [0.29, 0.717) is 53.1 Å². The molecule has 0 aliphatic rings. The van der Waals surface area contributed by atoms with Crippen molar-refractivity contribution in [3.63, 3.8) is 0 Å². The van der Waals surface area contributed by atoms with Gasteiger partial charge in [0.25, 0.3) is 0 Å². The average molecular weight is 739 g/mol. The van der Waals surface area contributed by atoms with Gasteiger partial charge in [-0.25, -0.2) is 4.79 Å². The van der Waals surface area contributed by atoms with Gasteiger partial charge < -0.3 is 35.1 Å². The number of carboxylic acids is 1. The molecule has 51 heavy (non-hydrogen) atoms. The van der Waals surface area contributed by atoms with Crippen LogP contribution >= 0.6 is 23.2 Å². The SMILES string of the molecule is COC(=O)[C@H](CCCCN)NCc1cc(Cl)c(OCc2cccc(-c3cccc(OCCCCl)c3C)c2C)cc1OCc1cncc(C(=O)O)c1. The number of rotatable bonds is 20. The van der Waals surface area contributed by atoms with Gasteiger partial charge in [0.2, 0.25) is 0 Å². The number of hydrogen-bond donors (Lipinski definition) is 3. The molecule has 4 rings (SSSR count). The molecule has 4 N–H and O–H groups in total. The minimum absolute atomic E-state index is 0.0360. The lowest BCUT2D eigenvalue weighted by molar-refractivity contribution is -0.143. The predicted octanol–water partition coefficient (Wildman–Crippen LogP) is 7.64. The van der Waals surface area contributed by atoms with Crippen molar-refractivity contribution in [3.8, 4) is 28.4 Å². The zero-order valence-corrected chi connectivity index (χ0v) is 30.7. The molecule has 0 unspecified atom stereocenters. The summed E-state index contributed by atoms with van der Waals surface area (Å²) in [4.78, 5) is 28.1. The van der Waals surface area contributed by atoms with E-state index in [1.165, 1.54) is 19.4 Å². The van der Waals surface area contributed by atoms with Crippen molar-refractivity contribution >= 4 is 35.1 Å². The van der Waals surface area contributed by atoms with Crippen LogP contribution in [-0.2, 0) is 29.3 Å². The summed E-state index contributed by atoms with van der Waals surface area (Å²) < 4.78 is 23.5. The lowest BCUT2D eigenvalue weighted by Crippen LogP contribution is -2.37. The summed E-state index contributed by atoms with van der Waals surface area (Å²) in [6.45, 7) is 5.69. The highest BCUT2D eigenvalue weighted by molar-refractivity contribution is 6.32. The molecule has 10 nitrogen and oxygen atoms in total. The first kappa shape index (κ1) is 39.4. The molecule has 3 aromatic carbocycles. The molecule has 0 spiro atoms. The number of carbonyl (C=O) groups is 2. The van der Waals surface area contributed by atoms with E-state index in [0.717, 1.165) is 52.8 Å². The molecule has 0 saturated heterocycles. The molecular formula is C39H45Cl2N3O7. The quantitative estimate of drug-likeness (QED) is 0.0471. The topological polar surface area (TPSA) is 142 Å². The molecule has 12 heteroatoms. The van der Waals surface area contributed by atoms with Crippen LogP contribution < -0.4 is 25.3 Å². The second-order valence-electron chi connectivity index (χ2n) is 12.0. The maximum Gasteiger partial charge on any atom is 0.337 e. The average Bonchev–Trinajstić information content (AvgIpc) is 3.13. The number of methoxy groups -OCH3 is 1. The van der Waals surface area contributed by atoms with E-state index in [9.17, 15) is 14.7 Å². The number of nitrogens with one attached hydrogen (secondary N) is 1. The van der Waals surface area contributed by atoms with E-state index in [1.54, 1.807) is 18.3 Å². The second-order valence-corrected chi connectivity index (χ2v) is 12.8. The highest BCUT2D eigenvalue weighted by atomic mass is 35.5. The minimum Gasteiger partial charge on any atom is -0.493 e. The van der Waals surface area contributed by atoms with Gasteiger partial charge in [-0.2, -0.15) is 0 Å². The highest BCUT2D eigenvalue weighted by Gasteiger charge is 2.21. The number of nitrogens with two attached hydrogens (primary N) is 1. The third kappa shape index (κ3) is 11.1. The van der Waals surface area contributed by atoms with E-state index in [4.69, 9.17) is 47.9 Å². The molecule has 0 fully saturated rings. The van der Waals surface area contributed by atoms with Gasteiger partial charge in [-0.05, 0) is 85.7 Å². The summed E-state index contributed by atoms with van der Waals surface area (Å²) in [5.41, 5.74) is 12.1. The van der Waals surface area contributed by atoms with Crippen LogP contribution in [0.2, 0.25) is 5.02 Å². The molecule has 0 bridgehead atoms. The van der Waals surface area contributed by atoms with Crippen LogP contribution in [-0.4, -0.2) is 54.2 Å². The molecular weight excluding hydrogens is 693 g/mol. The van der Waals surface area contributed by atoms with Crippen LogP contribution in [0, 0.1) is 13.8 Å². The van der Waals surface area contributed by atoms with E-state index in [1.807, 2.05) is 31.2 Å². The molecule has 0 saturated carbocycles. The van der Waals surface area contributed by atoms with Gasteiger partial charge in [0.15, 0.2) is 0 Å². The molecule has 1 heterocycles. The Labute approximate surface area is 309 Å². The first-order chi connectivity index (χ1) is 24.7. The number of carboxylic acid groups (broad SMARTS) is 1. The number of unbranched alkanes of at least 4 members (excludes halogenated alkanes) is 1. The predicted molar refractivity (Wildman–Crippen MR) is 199 cm³/mol. The van der Waals surface area contributed by atoms with Crippen LogP contribution in [0.4, 0.5) is 0 Å². The van der Waals surface area contributed by atoms with Gasteiger partial charge >= 0.3 is 11.9 Å². The first-order valence-corrected chi connectivity index (χ1v) is 17.7. The van der Waals surface area contributed by atoms with Crippen LogP contribution in [0.3, 0.4) is 0 Å². The Hall–Kier alpha value is -4.35. The van der Waals surface area contributed by atoms with Crippen molar-refractivity contribution in [2.24, 2.45) is 5.73 Å². The molecule has 0 amide bonds. The maximum atomic E-state index is 12.5.